The maximum Gasteiger partial charge on any atom is 0.238 e. The molecule has 0 heterocycles. The first-order valence-corrected chi connectivity index (χ1v) is 7.63. The zero-order valence-electron chi connectivity index (χ0n) is 12.5. The number of halogens is 1. The first-order valence-electron chi connectivity index (χ1n) is 7.09. The van der Waals surface area contributed by atoms with Crippen molar-refractivity contribution in [2.75, 3.05) is 37.0 Å². The molecule has 0 bridgehead atoms. The highest BCUT2D eigenvalue weighted by Crippen LogP contribution is 2.16. The zero-order chi connectivity index (χ0) is 16.4. The Kier molecular flexibility index (Phi) is 8.38. The fourth-order valence-electron chi connectivity index (χ4n) is 2.05. The van der Waals surface area contributed by atoms with E-state index in [1.165, 1.54) is 0 Å². The van der Waals surface area contributed by atoms with E-state index in [0.717, 1.165) is 11.3 Å². The molecule has 120 valence electrons. The second-order valence-corrected chi connectivity index (χ2v) is 5.18. The summed E-state index contributed by atoms with van der Waals surface area (Å²) in [7, 11) is 0. The van der Waals surface area contributed by atoms with Crippen molar-refractivity contribution in [3.05, 3.63) is 29.8 Å². The molecule has 1 amide bonds. The summed E-state index contributed by atoms with van der Waals surface area (Å²) >= 11 is 5.76. The molecule has 5 nitrogen and oxygen atoms in total. The van der Waals surface area contributed by atoms with Crippen LogP contribution in [0.25, 0.3) is 0 Å². The monoisotopic (exact) mass is 323 g/mol. The molecule has 1 atom stereocenters. The van der Waals surface area contributed by atoms with Gasteiger partial charge >= 0.3 is 0 Å². The number of nitrogens with two attached hydrogens (primary N) is 1. The van der Waals surface area contributed by atoms with Gasteiger partial charge in [0.2, 0.25) is 5.91 Å². The smallest absolute Gasteiger partial charge is 0.238 e. The number of hydrogen-bond acceptors (Lipinski definition) is 4. The number of rotatable bonds is 9. The largest absolute Gasteiger partial charge is 0.395 e. The highest BCUT2D eigenvalue weighted by molar-refractivity contribution is 6.18. The van der Waals surface area contributed by atoms with E-state index in [4.69, 9.17) is 28.9 Å². The summed E-state index contributed by atoms with van der Waals surface area (Å²) in [6.45, 7) is 1.44. The van der Waals surface area contributed by atoms with E-state index < -0.39 is 6.04 Å². The molecule has 1 rings (SSSR count). The number of benzene rings is 1. The molecule has 6 heteroatoms. The summed E-state index contributed by atoms with van der Waals surface area (Å²) in [4.78, 5) is 13.7. The van der Waals surface area contributed by atoms with Crippen molar-refractivity contribution in [2.24, 2.45) is 5.73 Å². The van der Waals surface area contributed by atoms with Crippen LogP contribution in [-0.4, -0.2) is 49.2 Å². The summed E-state index contributed by atoms with van der Waals surface area (Å²) in [6, 6.07) is 7.08. The molecule has 0 spiro atoms. The van der Waals surface area contributed by atoms with Gasteiger partial charge in [-0.3, -0.25) is 4.79 Å². The van der Waals surface area contributed by atoms with Crippen LogP contribution in [0.5, 0.6) is 0 Å². The molecular weight excluding hydrogens is 302 g/mol. The third-order valence-corrected chi connectivity index (χ3v) is 3.35. The van der Waals surface area contributed by atoms with Gasteiger partial charge in [0.15, 0.2) is 0 Å². The fourth-order valence-corrected chi connectivity index (χ4v) is 2.26. The first-order chi connectivity index (χ1) is 10.6. The minimum atomic E-state index is -0.629. The number of nitrogens with zero attached hydrogens (tertiary/aromatic N) is 1. The Balaban J connectivity index is 2.64. The summed E-state index contributed by atoms with van der Waals surface area (Å²) in [5.74, 6) is 2.57. The van der Waals surface area contributed by atoms with Crippen LogP contribution in [0.1, 0.15) is 5.56 Å². The van der Waals surface area contributed by atoms with Crippen LogP contribution in [0.4, 0.5) is 5.69 Å². The van der Waals surface area contributed by atoms with Crippen LogP contribution in [0.2, 0.25) is 0 Å². The number of aliphatic hydroxyl groups excluding tert-OH is 1. The van der Waals surface area contributed by atoms with Crippen molar-refractivity contribution in [2.45, 2.75) is 12.5 Å². The average Bonchev–Trinajstić information content (AvgIpc) is 2.53. The van der Waals surface area contributed by atoms with Gasteiger partial charge in [-0.2, -0.15) is 0 Å². The number of anilines is 1. The molecule has 0 unspecified atom stereocenters. The van der Waals surface area contributed by atoms with E-state index in [-0.39, 0.29) is 19.1 Å². The molecule has 0 aliphatic rings. The summed E-state index contributed by atoms with van der Waals surface area (Å²) in [5.41, 5.74) is 7.78. The van der Waals surface area contributed by atoms with Gasteiger partial charge in [0.25, 0.3) is 0 Å². The number of hydrogen-bond donors (Lipinski definition) is 3. The molecule has 0 radical (unpaired) electrons. The molecule has 22 heavy (non-hydrogen) atoms. The normalized spacial score (nSPS) is 11.5. The number of nitrogens with one attached hydrogen (secondary N) is 1. The Morgan fingerprint density at radius 2 is 2.09 bits per heavy atom. The van der Waals surface area contributed by atoms with Gasteiger partial charge < -0.3 is 21.1 Å². The van der Waals surface area contributed by atoms with E-state index in [1.807, 2.05) is 29.2 Å². The summed E-state index contributed by atoms with van der Waals surface area (Å²) in [6.07, 6.45) is 5.52. The Morgan fingerprint density at radius 1 is 1.41 bits per heavy atom. The lowest BCUT2D eigenvalue weighted by Crippen LogP contribution is -2.42. The van der Waals surface area contributed by atoms with E-state index in [2.05, 4.69) is 11.2 Å². The van der Waals surface area contributed by atoms with Crippen LogP contribution in [0, 0.1) is 12.3 Å². The van der Waals surface area contributed by atoms with Crippen LogP contribution in [0.15, 0.2) is 24.3 Å². The first kappa shape index (κ1) is 18.3. The van der Waals surface area contributed by atoms with Crippen molar-refractivity contribution < 1.29 is 9.90 Å². The number of aliphatic hydroxyl groups is 1. The van der Waals surface area contributed by atoms with Crippen molar-refractivity contribution in [3.63, 3.8) is 0 Å². The average molecular weight is 324 g/mol. The Bertz CT molecular complexity index is 493. The van der Waals surface area contributed by atoms with Gasteiger partial charge in [0, 0.05) is 24.7 Å². The lowest BCUT2D eigenvalue weighted by Gasteiger charge is -2.23. The molecule has 0 saturated carbocycles. The zero-order valence-corrected chi connectivity index (χ0v) is 13.2. The standard InChI is InChI=1S/C16H22ClN3O2/c1-2-8-19-16(22)15(18)12-13-3-5-14(6-4-13)20(9-7-17)10-11-21/h1,3-6,15,21H,7-12,18H2,(H,19,22)/t15-/m0/s1. The Labute approximate surface area is 136 Å². The fraction of sp³-hybridized carbons (Fsp3) is 0.438. The highest BCUT2D eigenvalue weighted by Gasteiger charge is 2.13. The van der Waals surface area contributed by atoms with Crippen molar-refractivity contribution in [1.82, 2.24) is 5.32 Å². The molecular formula is C16H22ClN3O2. The maximum atomic E-state index is 11.7. The molecule has 0 aliphatic heterocycles. The van der Waals surface area contributed by atoms with Gasteiger partial charge in [-0.05, 0) is 24.1 Å². The number of alkyl halides is 1. The minimum absolute atomic E-state index is 0.0683. The van der Waals surface area contributed by atoms with Crippen LogP contribution in [0.3, 0.4) is 0 Å². The van der Waals surface area contributed by atoms with Crippen LogP contribution < -0.4 is 16.0 Å². The van der Waals surface area contributed by atoms with Crippen LogP contribution >= 0.6 is 11.6 Å². The maximum absolute atomic E-state index is 11.7. The molecule has 0 saturated heterocycles. The molecule has 0 aromatic heterocycles. The van der Waals surface area contributed by atoms with E-state index in [0.29, 0.717) is 25.4 Å². The van der Waals surface area contributed by atoms with Crippen molar-refractivity contribution >= 4 is 23.2 Å². The van der Waals surface area contributed by atoms with Crippen molar-refractivity contribution in [1.29, 1.82) is 0 Å². The van der Waals surface area contributed by atoms with E-state index in [1.54, 1.807) is 0 Å². The predicted molar refractivity (Wildman–Crippen MR) is 90.0 cm³/mol. The van der Waals surface area contributed by atoms with Gasteiger partial charge in [0.1, 0.15) is 0 Å². The SMILES string of the molecule is C#CCNC(=O)[C@@H](N)Cc1ccc(N(CCO)CCCl)cc1. The lowest BCUT2D eigenvalue weighted by atomic mass is 10.1. The number of terminal acetylenes is 1. The molecule has 1 aromatic rings. The highest BCUT2D eigenvalue weighted by atomic mass is 35.5. The van der Waals surface area contributed by atoms with Gasteiger partial charge in [-0.25, -0.2) is 0 Å². The number of carbonyl (C=O) groups is 1. The minimum Gasteiger partial charge on any atom is -0.395 e. The van der Waals surface area contributed by atoms with E-state index in [9.17, 15) is 4.79 Å². The quantitative estimate of drug-likeness (QED) is 0.452. The third-order valence-electron chi connectivity index (χ3n) is 3.18. The summed E-state index contributed by atoms with van der Waals surface area (Å²) < 4.78 is 0. The van der Waals surface area contributed by atoms with Gasteiger partial charge in [-0.15, -0.1) is 18.0 Å². The molecule has 4 N–H and O–H groups in total. The molecule has 1 aromatic carbocycles. The summed E-state index contributed by atoms with van der Waals surface area (Å²) in [5, 5.41) is 11.6. The number of carbonyl (C=O) groups excluding carboxylic acids is 1. The molecule has 0 aliphatic carbocycles. The second kappa shape index (κ2) is 10.1. The van der Waals surface area contributed by atoms with E-state index >= 15 is 0 Å². The second-order valence-electron chi connectivity index (χ2n) is 4.80. The lowest BCUT2D eigenvalue weighted by molar-refractivity contribution is -0.122. The third kappa shape index (κ3) is 5.94. The Morgan fingerprint density at radius 3 is 2.64 bits per heavy atom. The Hall–Kier alpha value is -1.74. The molecule has 0 fully saturated rings. The van der Waals surface area contributed by atoms with Gasteiger partial charge in [0.05, 0.1) is 19.2 Å². The van der Waals surface area contributed by atoms with Gasteiger partial charge in [-0.1, -0.05) is 18.1 Å². The van der Waals surface area contributed by atoms with Crippen LogP contribution in [-0.2, 0) is 11.2 Å². The van der Waals surface area contributed by atoms with Crippen molar-refractivity contribution in [3.8, 4) is 12.3 Å². The topological polar surface area (TPSA) is 78.6 Å². The predicted octanol–water partition coefficient (Wildman–Crippen LogP) is 0.343. The number of amides is 1.